The first-order valence-corrected chi connectivity index (χ1v) is 9.18. The Morgan fingerprint density at radius 1 is 1.37 bits per heavy atom. The van der Waals surface area contributed by atoms with Crippen molar-refractivity contribution in [1.29, 1.82) is 0 Å². The average molecular weight is 413 g/mol. The van der Waals surface area contributed by atoms with E-state index in [1.807, 2.05) is 28.1 Å². The lowest BCUT2D eigenvalue weighted by Gasteiger charge is -2.28. The van der Waals surface area contributed by atoms with Crippen molar-refractivity contribution in [2.45, 2.75) is 25.6 Å². The van der Waals surface area contributed by atoms with Gasteiger partial charge < -0.3 is 53.3 Å². The molecule has 0 radical (unpaired) electrons. The van der Waals surface area contributed by atoms with Crippen LogP contribution in [0.1, 0.15) is 13.3 Å². The van der Waals surface area contributed by atoms with E-state index in [1.165, 1.54) is 0 Å². The molecular formula is C14H24NO11P-2. The Labute approximate surface area is 156 Å². The summed E-state index contributed by atoms with van der Waals surface area (Å²) in [6.07, 6.45) is -3.14. The summed E-state index contributed by atoms with van der Waals surface area (Å²) in [6, 6.07) is 0. The molecule has 0 aromatic carbocycles. The van der Waals surface area contributed by atoms with E-state index in [-0.39, 0.29) is 12.3 Å². The van der Waals surface area contributed by atoms with E-state index in [4.69, 9.17) is 10.2 Å². The molecule has 1 heterocycles. The first-order valence-electron chi connectivity index (χ1n) is 7.72. The fourth-order valence-electron chi connectivity index (χ4n) is 2.29. The lowest BCUT2D eigenvalue weighted by atomic mass is 10.1. The summed E-state index contributed by atoms with van der Waals surface area (Å²) in [5, 5.41) is 37.0. The highest BCUT2D eigenvalue weighted by Crippen LogP contribution is 2.35. The van der Waals surface area contributed by atoms with Gasteiger partial charge in [0.2, 0.25) is 0 Å². The van der Waals surface area contributed by atoms with Crippen molar-refractivity contribution in [1.82, 2.24) is 0 Å². The van der Waals surface area contributed by atoms with E-state index in [1.54, 1.807) is 0 Å². The summed E-state index contributed by atoms with van der Waals surface area (Å²) in [5.74, 6) is -4.43. The molecule has 12 nitrogen and oxygen atoms in total. The van der Waals surface area contributed by atoms with Gasteiger partial charge in [0.25, 0.3) is 5.76 Å². The maximum atomic E-state index is 10.9. The third-order valence-corrected chi connectivity index (χ3v) is 3.44. The molecule has 0 unspecified atom stereocenters. The van der Waals surface area contributed by atoms with Crippen LogP contribution in [0, 0.1) is 5.92 Å². The minimum absolute atomic E-state index is 0.162. The molecule has 13 heteroatoms. The van der Waals surface area contributed by atoms with Gasteiger partial charge in [0.15, 0.2) is 11.9 Å². The first-order chi connectivity index (χ1) is 12.1. The van der Waals surface area contributed by atoms with E-state index >= 15 is 0 Å². The maximum absolute atomic E-state index is 10.9. The molecule has 0 aromatic rings. The Morgan fingerprint density at radius 3 is 2.26 bits per heavy atom. The van der Waals surface area contributed by atoms with Crippen molar-refractivity contribution in [2.75, 3.05) is 34.3 Å². The van der Waals surface area contributed by atoms with E-state index in [9.17, 15) is 34.2 Å². The summed E-state index contributed by atoms with van der Waals surface area (Å²) in [6.45, 7) is 1.95. The third kappa shape index (κ3) is 10.3. The lowest BCUT2D eigenvalue weighted by Crippen LogP contribution is -2.40. The van der Waals surface area contributed by atoms with Crippen molar-refractivity contribution >= 4 is 19.8 Å². The fraction of sp³-hybridized carbons (Fsp3) is 0.714. The SMILES string of the molecule is C[C@H](CC(=O)[O-])C[N+](C)(C)C.O=C1O[C@H]([C@@H](O)CO)C(O)=C1OP(=O)([O-])[O-]. The van der Waals surface area contributed by atoms with Crippen LogP contribution in [0.2, 0.25) is 0 Å². The number of hydrogen-bond acceptors (Lipinski definition) is 11. The quantitative estimate of drug-likeness (QED) is 0.201. The molecule has 0 aromatic heterocycles. The molecule has 27 heavy (non-hydrogen) atoms. The predicted octanol–water partition coefficient (Wildman–Crippen LogP) is -3.65. The normalized spacial score (nSPS) is 19.7. The molecule has 0 spiro atoms. The number of ether oxygens (including phenoxy) is 1. The Balaban J connectivity index is 0.000000541. The monoisotopic (exact) mass is 413 g/mol. The van der Waals surface area contributed by atoms with E-state index in [0.717, 1.165) is 11.0 Å². The molecule has 1 aliphatic heterocycles. The van der Waals surface area contributed by atoms with Gasteiger partial charge in [-0.2, -0.15) is 0 Å². The van der Waals surface area contributed by atoms with Gasteiger partial charge in [-0.25, -0.2) is 4.79 Å². The Bertz CT molecular complexity index is 607. The van der Waals surface area contributed by atoms with Crippen LogP contribution in [0.25, 0.3) is 0 Å². The maximum Gasteiger partial charge on any atom is 0.378 e. The van der Waals surface area contributed by atoms with Crippen LogP contribution in [0.3, 0.4) is 0 Å². The number of aliphatic carboxylic acids is 1. The van der Waals surface area contributed by atoms with Gasteiger partial charge in [-0.15, -0.1) is 0 Å². The van der Waals surface area contributed by atoms with Gasteiger partial charge in [0.1, 0.15) is 13.9 Å². The van der Waals surface area contributed by atoms with Gasteiger partial charge in [-0.1, -0.05) is 6.92 Å². The molecule has 3 N–H and O–H groups in total. The van der Waals surface area contributed by atoms with Crippen LogP contribution >= 0.6 is 7.82 Å². The molecular weight excluding hydrogens is 389 g/mol. The Kier molecular flexibility index (Phi) is 9.39. The number of phosphoric acid groups is 1. The fourth-order valence-corrected chi connectivity index (χ4v) is 2.69. The number of carboxylic acids is 1. The standard InChI is InChI=1S/C8H17NO2.C6H9O9P/c1-7(5-8(10)11)6-9(2,3)4;7-1-2(8)4-3(9)5(6(10)14-4)15-16(11,12)13/h7H,5-6H2,1-4H3;2,4,7-9H,1H2,(H2,11,12,13)/p-2/t7-;2-,4+/m10/s1. The number of hydrogen-bond donors (Lipinski definition) is 3. The average Bonchev–Trinajstić information content (AvgIpc) is 2.70. The van der Waals surface area contributed by atoms with Crippen LogP contribution in [0.15, 0.2) is 11.5 Å². The molecule has 1 aliphatic rings. The number of rotatable bonds is 8. The number of aliphatic hydroxyl groups is 3. The number of carbonyl (C=O) groups excluding carboxylic acids is 2. The van der Waals surface area contributed by atoms with Crippen molar-refractivity contribution < 1.29 is 58.1 Å². The highest BCUT2D eigenvalue weighted by atomic mass is 31.2. The van der Waals surface area contributed by atoms with Crippen LogP contribution in [-0.4, -0.2) is 78.2 Å². The Hall–Kier alpha value is -1.69. The molecule has 0 saturated heterocycles. The zero-order valence-electron chi connectivity index (χ0n) is 15.4. The van der Waals surface area contributed by atoms with Crippen LogP contribution in [-0.2, 0) is 23.4 Å². The second-order valence-corrected chi connectivity index (χ2v) is 8.06. The number of carboxylic acid groups (broad SMARTS) is 1. The molecule has 0 fully saturated rings. The zero-order valence-corrected chi connectivity index (χ0v) is 16.2. The minimum Gasteiger partial charge on any atom is -0.780 e. The summed E-state index contributed by atoms with van der Waals surface area (Å²) < 4.78 is 19.0. The van der Waals surface area contributed by atoms with Crippen molar-refractivity contribution in [3.63, 3.8) is 0 Å². The second kappa shape index (κ2) is 10.0. The predicted molar refractivity (Wildman–Crippen MR) is 83.0 cm³/mol. The highest BCUT2D eigenvalue weighted by molar-refractivity contribution is 7.43. The van der Waals surface area contributed by atoms with Gasteiger partial charge in [-0.3, -0.25) is 0 Å². The second-order valence-electron chi connectivity index (χ2n) is 6.98. The van der Waals surface area contributed by atoms with Crippen LogP contribution in [0.5, 0.6) is 0 Å². The largest absolute Gasteiger partial charge is 0.780 e. The van der Waals surface area contributed by atoms with Gasteiger partial charge in [-0.05, 0) is 6.42 Å². The van der Waals surface area contributed by atoms with Gasteiger partial charge in [0.05, 0.1) is 34.3 Å². The summed E-state index contributed by atoms with van der Waals surface area (Å²) in [5.41, 5.74) is 0. The molecule has 158 valence electrons. The van der Waals surface area contributed by atoms with E-state index in [2.05, 4.69) is 9.26 Å². The summed E-state index contributed by atoms with van der Waals surface area (Å²) in [4.78, 5) is 41.5. The van der Waals surface area contributed by atoms with Crippen LogP contribution < -0.4 is 14.9 Å². The number of cyclic esters (lactones) is 1. The first kappa shape index (κ1) is 25.3. The summed E-state index contributed by atoms with van der Waals surface area (Å²) in [7, 11) is 0.625. The number of quaternary nitrogens is 1. The number of carbonyl (C=O) groups is 2. The number of nitrogens with zero attached hydrogens (tertiary/aromatic N) is 1. The topological polar surface area (TPSA) is 200 Å². The lowest BCUT2D eigenvalue weighted by molar-refractivity contribution is -0.873. The minimum atomic E-state index is -5.52. The number of esters is 1. The Morgan fingerprint density at radius 2 is 1.89 bits per heavy atom. The zero-order chi connectivity index (χ0) is 21.6. The van der Waals surface area contributed by atoms with Crippen LogP contribution in [0.4, 0.5) is 0 Å². The van der Waals surface area contributed by atoms with Gasteiger partial charge in [0, 0.05) is 11.9 Å². The molecule has 0 aliphatic carbocycles. The van der Waals surface area contributed by atoms with Crippen molar-refractivity contribution in [3.05, 3.63) is 11.5 Å². The summed E-state index contributed by atoms with van der Waals surface area (Å²) >= 11 is 0. The van der Waals surface area contributed by atoms with E-state index in [0.29, 0.717) is 0 Å². The molecule has 0 saturated carbocycles. The number of phosphoric ester groups is 1. The molecule has 0 bridgehead atoms. The highest BCUT2D eigenvalue weighted by Gasteiger charge is 2.40. The molecule has 3 atom stereocenters. The number of aliphatic hydroxyl groups excluding tert-OH is 3. The molecule has 1 rings (SSSR count). The smallest absolute Gasteiger partial charge is 0.378 e. The third-order valence-electron chi connectivity index (χ3n) is 3.04. The van der Waals surface area contributed by atoms with Crippen molar-refractivity contribution in [2.24, 2.45) is 5.92 Å². The van der Waals surface area contributed by atoms with Crippen molar-refractivity contribution in [3.8, 4) is 0 Å². The van der Waals surface area contributed by atoms with Gasteiger partial charge >= 0.3 is 5.97 Å². The van der Waals surface area contributed by atoms with E-state index < -0.39 is 50.1 Å². The molecule has 0 amide bonds.